The van der Waals surface area contributed by atoms with Gasteiger partial charge in [-0.2, -0.15) is 0 Å². The van der Waals surface area contributed by atoms with Gasteiger partial charge in [-0.05, 0) is 57.0 Å². The Bertz CT molecular complexity index is 1420. The first-order valence-corrected chi connectivity index (χ1v) is 14.9. The van der Waals surface area contributed by atoms with Gasteiger partial charge < -0.3 is 23.8 Å². The predicted molar refractivity (Wildman–Crippen MR) is 161 cm³/mol. The van der Waals surface area contributed by atoms with Crippen LogP contribution in [0.1, 0.15) is 54.9 Å². The lowest BCUT2D eigenvalue weighted by Crippen LogP contribution is -2.53. The molecule has 3 aromatic rings. The minimum atomic E-state index is -0.556. The van der Waals surface area contributed by atoms with Crippen molar-refractivity contribution in [2.75, 3.05) is 45.9 Å². The first-order chi connectivity index (χ1) is 20.2. The highest BCUT2D eigenvalue weighted by molar-refractivity contribution is 5.90. The zero-order valence-electron chi connectivity index (χ0n) is 25.2. The molecule has 1 atom stereocenters. The van der Waals surface area contributed by atoms with Gasteiger partial charge in [0.25, 0.3) is 0 Å². The van der Waals surface area contributed by atoms with E-state index >= 15 is 0 Å². The summed E-state index contributed by atoms with van der Waals surface area (Å²) in [6.45, 7) is 13.7. The molecule has 0 N–H and O–H groups in total. The van der Waals surface area contributed by atoms with Crippen molar-refractivity contribution in [3.63, 3.8) is 0 Å². The lowest BCUT2D eigenvalue weighted by atomic mass is 9.96. The number of esters is 1. The van der Waals surface area contributed by atoms with Crippen molar-refractivity contribution >= 4 is 29.2 Å². The summed E-state index contributed by atoms with van der Waals surface area (Å²) in [5, 5.41) is 1.11. The van der Waals surface area contributed by atoms with Crippen molar-refractivity contribution < 1.29 is 23.9 Å². The number of carbonyl (C=O) groups is 3. The third-order valence-corrected chi connectivity index (χ3v) is 8.16. The zero-order chi connectivity index (χ0) is 29.9. The Morgan fingerprint density at radius 2 is 1.79 bits per heavy atom. The molecule has 3 heterocycles. The van der Waals surface area contributed by atoms with E-state index in [1.807, 2.05) is 56.9 Å². The van der Waals surface area contributed by atoms with E-state index in [-0.39, 0.29) is 11.9 Å². The van der Waals surface area contributed by atoms with Gasteiger partial charge in [-0.25, -0.2) is 4.79 Å². The smallest absolute Gasteiger partial charge is 0.338 e. The molecule has 9 nitrogen and oxygen atoms in total. The maximum atomic E-state index is 13.8. The van der Waals surface area contributed by atoms with Crippen LogP contribution in [0.25, 0.3) is 10.9 Å². The molecule has 42 heavy (non-hydrogen) atoms. The molecule has 2 aromatic carbocycles. The Balaban J connectivity index is 1.38. The van der Waals surface area contributed by atoms with Crippen LogP contribution in [0.5, 0.6) is 0 Å². The van der Waals surface area contributed by atoms with Gasteiger partial charge in [0.2, 0.25) is 12.3 Å². The van der Waals surface area contributed by atoms with Crippen LogP contribution < -0.4 is 0 Å². The van der Waals surface area contributed by atoms with Crippen molar-refractivity contribution in [2.24, 2.45) is 0 Å². The summed E-state index contributed by atoms with van der Waals surface area (Å²) < 4.78 is 13.2. The number of morpholine rings is 1. The number of amides is 2. The second-order valence-electron chi connectivity index (χ2n) is 12.1. The first kappa shape index (κ1) is 29.8. The number of rotatable bonds is 9. The highest BCUT2D eigenvalue weighted by atomic mass is 16.6. The van der Waals surface area contributed by atoms with E-state index in [1.165, 1.54) is 0 Å². The van der Waals surface area contributed by atoms with Crippen LogP contribution in [0.4, 0.5) is 0 Å². The van der Waals surface area contributed by atoms with Crippen LogP contribution in [0.2, 0.25) is 0 Å². The molecule has 1 fully saturated rings. The summed E-state index contributed by atoms with van der Waals surface area (Å²) in [5.41, 5.74) is 4.21. The quantitative estimate of drug-likeness (QED) is 0.286. The van der Waals surface area contributed by atoms with E-state index in [1.54, 1.807) is 17.0 Å². The lowest BCUT2D eigenvalue weighted by Gasteiger charge is -2.37. The Hall–Kier alpha value is -3.69. The summed E-state index contributed by atoms with van der Waals surface area (Å²) in [4.78, 5) is 44.5. The van der Waals surface area contributed by atoms with Crippen molar-refractivity contribution in [1.29, 1.82) is 0 Å². The van der Waals surface area contributed by atoms with Crippen molar-refractivity contribution in [3.8, 4) is 0 Å². The lowest BCUT2D eigenvalue weighted by molar-refractivity contribution is -0.142. The van der Waals surface area contributed by atoms with Gasteiger partial charge in [0.15, 0.2) is 0 Å². The van der Waals surface area contributed by atoms with Gasteiger partial charge in [-0.15, -0.1) is 0 Å². The van der Waals surface area contributed by atoms with Crippen LogP contribution in [0.3, 0.4) is 0 Å². The van der Waals surface area contributed by atoms with Crippen LogP contribution in [0.15, 0.2) is 48.5 Å². The molecule has 1 saturated heterocycles. The van der Waals surface area contributed by atoms with E-state index in [2.05, 4.69) is 21.6 Å². The molecule has 1 aromatic heterocycles. The Kier molecular flexibility index (Phi) is 8.99. The number of fused-ring (bicyclic) bond motifs is 3. The first-order valence-electron chi connectivity index (χ1n) is 14.9. The molecular weight excluding hydrogens is 532 g/mol. The Morgan fingerprint density at radius 3 is 2.45 bits per heavy atom. The van der Waals surface area contributed by atoms with Crippen LogP contribution >= 0.6 is 0 Å². The van der Waals surface area contributed by atoms with Gasteiger partial charge in [-0.1, -0.05) is 30.3 Å². The third kappa shape index (κ3) is 6.52. The van der Waals surface area contributed by atoms with Crippen molar-refractivity contribution in [2.45, 2.75) is 58.8 Å². The van der Waals surface area contributed by atoms with Crippen LogP contribution in [-0.4, -0.2) is 95.1 Å². The average Bonchev–Trinajstić information content (AvgIpc) is 3.29. The predicted octanol–water partition coefficient (Wildman–Crippen LogP) is 3.71. The second kappa shape index (κ2) is 12.7. The minimum Gasteiger partial charge on any atom is -0.456 e. The van der Waals surface area contributed by atoms with E-state index in [0.29, 0.717) is 38.2 Å². The maximum absolute atomic E-state index is 13.8. The molecule has 5 rings (SSSR count). The molecule has 9 heteroatoms. The number of benzene rings is 2. The standard InChI is InChI=1S/C33H42N4O5/c1-5-35(15-14-34-16-18-41-19-17-34)31(39)29-20-27-26-8-6-7-9-28(26)37(30(27)22-36(29)23-38)21-24-10-12-25(13-11-24)32(40)42-33(2,3)4/h6-13,23,29H,5,14-22H2,1-4H3. The van der Waals surface area contributed by atoms with Gasteiger partial charge in [0, 0.05) is 62.3 Å². The summed E-state index contributed by atoms with van der Waals surface area (Å²) in [7, 11) is 0. The normalized spacial score (nSPS) is 17.6. The van der Waals surface area contributed by atoms with E-state index in [0.717, 1.165) is 67.0 Å². The molecule has 2 aliphatic heterocycles. The van der Waals surface area contributed by atoms with Crippen LogP contribution in [0, 0.1) is 0 Å². The molecule has 0 aliphatic carbocycles. The SMILES string of the molecule is CCN(CCN1CCOCC1)C(=O)C1Cc2c(n(Cc3ccc(C(=O)OC(C)(C)C)cc3)c3ccccc23)CN1C=O. The van der Waals surface area contributed by atoms with Crippen molar-refractivity contribution in [1.82, 2.24) is 19.3 Å². The topological polar surface area (TPSA) is 84.3 Å². The minimum absolute atomic E-state index is 0.00178. The molecule has 224 valence electrons. The van der Waals surface area contributed by atoms with Crippen molar-refractivity contribution in [3.05, 3.63) is 70.9 Å². The fraction of sp³-hybridized carbons (Fsp3) is 0.485. The number of hydrogen-bond donors (Lipinski definition) is 0. The van der Waals surface area contributed by atoms with Gasteiger partial charge in [0.05, 0.1) is 25.3 Å². The summed E-state index contributed by atoms with van der Waals surface area (Å²) in [6.07, 6.45) is 1.30. The van der Waals surface area contributed by atoms with E-state index in [4.69, 9.17) is 9.47 Å². The second-order valence-corrected chi connectivity index (χ2v) is 12.1. The maximum Gasteiger partial charge on any atom is 0.338 e. The fourth-order valence-electron chi connectivity index (χ4n) is 5.94. The molecule has 1 unspecified atom stereocenters. The Labute approximate surface area is 248 Å². The van der Waals surface area contributed by atoms with Gasteiger partial charge >= 0.3 is 5.97 Å². The fourth-order valence-corrected chi connectivity index (χ4v) is 5.94. The highest BCUT2D eigenvalue weighted by Crippen LogP contribution is 2.34. The number of ether oxygens (including phenoxy) is 2. The summed E-state index contributed by atoms with van der Waals surface area (Å²) in [6, 6.07) is 15.2. The largest absolute Gasteiger partial charge is 0.456 e. The van der Waals surface area contributed by atoms with E-state index < -0.39 is 11.6 Å². The molecule has 0 radical (unpaired) electrons. The zero-order valence-corrected chi connectivity index (χ0v) is 25.2. The average molecular weight is 575 g/mol. The molecular formula is C33H42N4O5. The number of para-hydroxylation sites is 1. The van der Waals surface area contributed by atoms with E-state index in [9.17, 15) is 14.4 Å². The molecule has 2 aliphatic rings. The number of nitrogens with zero attached hydrogens (tertiary/aromatic N) is 4. The number of likely N-dealkylation sites (N-methyl/N-ethyl adjacent to an activating group) is 1. The molecule has 0 saturated carbocycles. The number of carbonyl (C=O) groups excluding carboxylic acids is 3. The molecule has 0 spiro atoms. The van der Waals surface area contributed by atoms with Gasteiger partial charge in [0.1, 0.15) is 11.6 Å². The van der Waals surface area contributed by atoms with Crippen LogP contribution in [-0.2, 0) is 38.6 Å². The van der Waals surface area contributed by atoms with Gasteiger partial charge in [-0.3, -0.25) is 14.5 Å². The molecule has 0 bridgehead atoms. The highest BCUT2D eigenvalue weighted by Gasteiger charge is 2.36. The Morgan fingerprint density at radius 1 is 1.07 bits per heavy atom. The number of aromatic nitrogens is 1. The summed E-state index contributed by atoms with van der Waals surface area (Å²) in [5.74, 6) is -0.348. The third-order valence-electron chi connectivity index (χ3n) is 8.16. The summed E-state index contributed by atoms with van der Waals surface area (Å²) >= 11 is 0. The monoisotopic (exact) mass is 574 g/mol. The number of hydrogen-bond acceptors (Lipinski definition) is 6. The molecule has 2 amide bonds.